The molecule has 1 atom stereocenters. The Balaban J connectivity index is 1.60. The molecule has 3 rings (SSSR count). The van der Waals surface area contributed by atoms with Gasteiger partial charge >= 0.3 is 0 Å². The summed E-state index contributed by atoms with van der Waals surface area (Å²) in [6, 6.07) is 17.9. The highest BCUT2D eigenvalue weighted by Crippen LogP contribution is 2.54. The van der Waals surface area contributed by atoms with E-state index in [4.69, 9.17) is 14.5 Å². The third-order valence-electron chi connectivity index (χ3n) is 5.74. The molecule has 1 fully saturated rings. The minimum Gasteiger partial charge on any atom is -0.497 e. The molecule has 1 aliphatic rings. The number of hydrogen-bond acceptors (Lipinski definition) is 4. The summed E-state index contributed by atoms with van der Waals surface area (Å²) in [6.07, 6.45) is 2.45. The highest BCUT2D eigenvalue weighted by Gasteiger charge is 2.49. The Labute approximate surface area is 185 Å². The molecule has 6 nitrogen and oxygen atoms in total. The molecule has 3 N–H and O–H groups in total. The van der Waals surface area contributed by atoms with Crippen molar-refractivity contribution in [3.05, 3.63) is 65.7 Å². The topological polar surface area (TPSA) is 75.1 Å². The molecular weight excluding hydrogens is 390 g/mol. The fourth-order valence-corrected chi connectivity index (χ4v) is 3.56. The van der Waals surface area contributed by atoms with Crippen molar-refractivity contribution < 1.29 is 14.6 Å². The molecular formula is C25H35N3O3. The molecule has 31 heavy (non-hydrogen) atoms. The third-order valence-corrected chi connectivity index (χ3v) is 5.74. The minimum absolute atomic E-state index is 0.130. The number of guanidine groups is 1. The molecule has 168 valence electrons. The number of ether oxygens (including phenoxy) is 2. The first-order chi connectivity index (χ1) is 15.2. The summed E-state index contributed by atoms with van der Waals surface area (Å²) < 4.78 is 10.7. The van der Waals surface area contributed by atoms with E-state index in [1.54, 1.807) is 7.11 Å². The summed E-state index contributed by atoms with van der Waals surface area (Å²) in [7, 11) is 1.67. The number of aliphatic imine (C=N–C) groups is 1. The van der Waals surface area contributed by atoms with Gasteiger partial charge in [-0.15, -0.1) is 0 Å². The highest BCUT2D eigenvalue weighted by atomic mass is 16.5. The van der Waals surface area contributed by atoms with Gasteiger partial charge in [0, 0.05) is 31.7 Å². The fourth-order valence-electron chi connectivity index (χ4n) is 3.56. The van der Waals surface area contributed by atoms with E-state index in [1.807, 2.05) is 61.5 Å². The van der Waals surface area contributed by atoms with Crippen LogP contribution in [-0.2, 0) is 11.3 Å². The Bertz CT molecular complexity index is 805. The van der Waals surface area contributed by atoms with Crippen molar-refractivity contribution in [2.75, 3.05) is 33.4 Å². The van der Waals surface area contributed by atoms with Crippen molar-refractivity contribution in [3.8, 4) is 5.75 Å². The second kappa shape index (κ2) is 11.7. The maximum absolute atomic E-state index is 10.9. The fraction of sp³-hybridized carbons (Fsp3) is 0.480. The van der Waals surface area contributed by atoms with Gasteiger partial charge in [0.15, 0.2) is 5.96 Å². The van der Waals surface area contributed by atoms with Crippen LogP contribution < -0.4 is 15.4 Å². The van der Waals surface area contributed by atoms with E-state index < -0.39 is 6.10 Å². The number of rotatable bonds is 12. The average molecular weight is 426 g/mol. The molecule has 0 heterocycles. The smallest absolute Gasteiger partial charge is 0.191 e. The zero-order valence-electron chi connectivity index (χ0n) is 18.6. The van der Waals surface area contributed by atoms with E-state index in [0.29, 0.717) is 13.1 Å². The van der Waals surface area contributed by atoms with Crippen molar-refractivity contribution in [2.45, 2.75) is 38.8 Å². The highest BCUT2D eigenvalue weighted by molar-refractivity contribution is 5.79. The molecule has 2 aromatic rings. The average Bonchev–Trinajstić information content (AvgIpc) is 3.61. The van der Waals surface area contributed by atoms with Crippen LogP contribution in [0.5, 0.6) is 5.75 Å². The normalized spacial score (nSPS) is 15.9. The lowest BCUT2D eigenvalue weighted by molar-refractivity contribution is 0.0947. The first-order valence-electron chi connectivity index (χ1n) is 11.1. The summed E-state index contributed by atoms with van der Waals surface area (Å²) in [5.74, 6) is 1.60. The molecule has 0 spiro atoms. The number of aliphatic hydroxyl groups excluding tert-OH is 1. The Kier molecular flexibility index (Phi) is 8.74. The van der Waals surface area contributed by atoms with E-state index in [1.165, 1.54) is 0 Å². The van der Waals surface area contributed by atoms with E-state index >= 15 is 0 Å². The first kappa shape index (κ1) is 23.1. The third kappa shape index (κ3) is 6.97. The van der Waals surface area contributed by atoms with E-state index in [9.17, 15) is 5.11 Å². The van der Waals surface area contributed by atoms with Gasteiger partial charge in [-0.1, -0.05) is 42.5 Å². The maximum Gasteiger partial charge on any atom is 0.191 e. The molecule has 0 radical (unpaired) electrons. The quantitative estimate of drug-likeness (QED) is 0.275. The van der Waals surface area contributed by atoms with Gasteiger partial charge in [0.25, 0.3) is 0 Å². The lowest BCUT2D eigenvalue weighted by Gasteiger charge is -2.24. The van der Waals surface area contributed by atoms with Gasteiger partial charge in [-0.3, -0.25) is 0 Å². The number of nitrogens with zero attached hydrogens (tertiary/aromatic N) is 1. The van der Waals surface area contributed by atoms with Crippen LogP contribution in [0.1, 0.15) is 43.4 Å². The first-order valence-corrected chi connectivity index (χ1v) is 11.1. The molecule has 0 amide bonds. The lowest BCUT2D eigenvalue weighted by atomic mass is 9.93. The van der Waals surface area contributed by atoms with Crippen LogP contribution in [0.2, 0.25) is 0 Å². The van der Waals surface area contributed by atoms with Crippen LogP contribution in [0, 0.1) is 5.41 Å². The molecule has 0 saturated heterocycles. The van der Waals surface area contributed by atoms with Crippen molar-refractivity contribution in [1.29, 1.82) is 0 Å². The maximum atomic E-state index is 10.9. The van der Waals surface area contributed by atoms with Gasteiger partial charge in [-0.2, -0.15) is 0 Å². The zero-order valence-corrected chi connectivity index (χ0v) is 18.6. The van der Waals surface area contributed by atoms with Gasteiger partial charge in [0.05, 0.1) is 19.8 Å². The molecule has 1 unspecified atom stereocenters. The summed E-state index contributed by atoms with van der Waals surface area (Å²) in [6.45, 7) is 5.50. The summed E-state index contributed by atoms with van der Waals surface area (Å²) in [4.78, 5) is 4.76. The zero-order chi connectivity index (χ0) is 21.9. The van der Waals surface area contributed by atoms with Crippen LogP contribution >= 0.6 is 0 Å². The molecule has 0 aliphatic heterocycles. The van der Waals surface area contributed by atoms with Crippen molar-refractivity contribution >= 4 is 5.96 Å². The predicted octanol–water partition coefficient (Wildman–Crippen LogP) is 3.67. The monoisotopic (exact) mass is 425 g/mol. The standard InChI is InChI=1S/C25H35N3O3/c1-3-31-17-7-16-26-24(27-18-20-10-12-22(30-2)13-11-20)28-19-25(14-15-25)23(29)21-8-5-4-6-9-21/h4-6,8-13,23,29H,3,7,14-19H2,1-2H3,(H2,26,27,28). The molecule has 0 bridgehead atoms. The van der Waals surface area contributed by atoms with Gasteiger partial charge in [-0.05, 0) is 49.4 Å². The van der Waals surface area contributed by atoms with Crippen molar-refractivity contribution in [2.24, 2.45) is 10.4 Å². The number of hydrogen-bond donors (Lipinski definition) is 3. The van der Waals surface area contributed by atoms with Crippen molar-refractivity contribution in [3.63, 3.8) is 0 Å². The summed E-state index contributed by atoms with van der Waals surface area (Å²) >= 11 is 0. The number of benzene rings is 2. The Hall–Kier alpha value is -2.57. The SMILES string of the molecule is CCOCCCNC(=NCc1ccc(OC)cc1)NCC1(C(O)c2ccccc2)CC1. The Morgan fingerprint density at radius 3 is 2.48 bits per heavy atom. The molecule has 6 heteroatoms. The van der Waals surface area contributed by atoms with Crippen LogP contribution in [0.25, 0.3) is 0 Å². The van der Waals surface area contributed by atoms with Gasteiger partial charge in [0.1, 0.15) is 5.75 Å². The van der Waals surface area contributed by atoms with E-state index in [0.717, 1.165) is 61.9 Å². The molecule has 1 aliphatic carbocycles. The van der Waals surface area contributed by atoms with Gasteiger partial charge < -0.3 is 25.2 Å². The van der Waals surface area contributed by atoms with E-state index in [2.05, 4.69) is 10.6 Å². The Morgan fingerprint density at radius 2 is 1.84 bits per heavy atom. The van der Waals surface area contributed by atoms with Crippen LogP contribution in [0.15, 0.2) is 59.6 Å². The largest absolute Gasteiger partial charge is 0.497 e. The minimum atomic E-state index is -0.470. The van der Waals surface area contributed by atoms with Crippen LogP contribution in [-0.4, -0.2) is 44.5 Å². The van der Waals surface area contributed by atoms with Gasteiger partial charge in [-0.25, -0.2) is 4.99 Å². The molecule has 1 saturated carbocycles. The van der Waals surface area contributed by atoms with Crippen LogP contribution in [0.4, 0.5) is 0 Å². The second-order valence-electron chi connectivity index (χ2n) is 8.02. The number of methoxy groups -OCH3 is 1. The summed E-state index contributed by atoms with van der Waals surface area (Å²) in [5.41, 5.74) is 1.96. The predicted molar refractivity (Wildman–Crippen MR) is 124 cm³/mol. The van der Waals surface area contributed by atoms with E-state index in [-0.39, 0.29) is 5.41 Å². The molecule has 0 aromatic heterocycles. The number of nitrogens with one attached hydrogen (secondary N) is 2. The number of aliphatic hydroxyl groups is 1. The van der Waals surface area contributed by atoms with Crippen LogP contribution in [0.3, 0.4) is 0 Å². The van der Waals surface area contributed by atoms with Gasteiger partial charge in [0.2, 0.25) is 0 Å². The van der Waals surface area contributed by atoms with Crippen molar-refractivity contribution in [1.82, 2.24) is 10.6 Å². The second-order valence-corrected chi connectivity index (χ2v) is 8.02. The Morgan fingerprint density at radius 1 is 1.10 bits per heavy atom. The lowest BCUT2D eigenvalue weighted by Crippen LogP contribution is -2.42. The summed E-state index contributed by atoms with van der Waals surface area (Å²) in [5, 5.41) is 17.8. The molecule has 2 aromatic carbocycles.